The first-order valence-electron chi connectivity index (χ1n) is 8.33. The number of ether oxygens (including phenoxy) is 1. The summed E-state index contributed by atoms with van der Waals surface area (Å²) in [4.78, 5) is 0. The average Bonchev–Trinajstić information content (AvgIpc) is 2.49. The van der Waals surface area contributed by atoms with E-state index in [1.54, 1.807) is 0 Å². The third-order valence-corrected chi connectivity index (χ3v) is 5.22. The van der Waals surface area contributed by atoms with Gasteiger partial charge in [0.2, 0.25) is 0 Å². The maximum Gasteiger partial charge on any atom is 0.0897 e. The Morgan fingerprint density at radius 1 is 1.35 bits per heavy atom. The van der Waals surface area contributed by atoms with Gasteiger partial charge in [0.05, 0.1) is 12.7 Å². The summed E-state index contributed by atoms with van der Waals surface area (Å²) in [7, 11) is 0. The molecule has 1 saturated heterocycles. The van der Waals surface area contributed by atoms with E-state index >= 15 is 0 Å². The molecular weight excluding hydrogens is 270 g/mol. The van der Waals surface area contributed by atoms with E-state index in [4.69, 9.17) is 4.74 Å². The molecule has 120 valence electrons. The number of thioether (sulfide) groups is 1. The first-order valence-corrected chi connectivity index (χ1v) is 9.48. The Balaban J connectivity index is 2.02. The van der Waals surface area contributed by atoms with Crippen molar-refractivity contribution in [3.8, 4) is 0 Å². The van der Waals surface area contributed by atoms with Gasteiger partial charge in [-0.3, -0.25) is 0 Å². The van der Waals surface area contributed by atoms with E-state index in [2.05, 4.69) is 19.2 Å². The van der Waals surface area contributed by atoms with Gasteiger partial charge in [-0.15, -0.1) is 0 Å². The predicted octanol–water partition coefficient (Wildman–Crippen LogP) is 3.07. The predicted molar refractivity (Wildman–Crippen MR) is 88.5 cm³/mol. The zero-order chi connectivity index (χ0) is 14.6. The van der Waals surface area contributed by atoms with E-state index < -0.39 is 0 Å². The second kappa shape index (κ2) is 11.8. The van der Waals surface area contributed by atoms with Crippen molar-refractivity contribution >= 4 is 11.8 Å². The van der Waals surface area contributed by atoms with E-state index in [1.807, 2.05) is 11.8 Å². The molecule has 0 aliphatic carbocycles. The van der Waals surface area contributed by atoms with Crippen molar-refractivity contribution in [2.75, 3.05) is 31.3 Å². The Hall–Kier alpha value is 0.230. The minimum Gasteiger partial charge on any atom is -0.389 e. The molecule has 1 rings (SSSR count). The molecule has 0 aromatic rings. The molecule has 0 aromatic carbocycles. The topological polar surface area (TPSA) is 41.5 Å². The van der Waals surface area contributed by atoms with Crippen molar-refractivity contribution < 1.29 is 9.84 Å². The molecule has 20 heavy (non-hydrogen) atoms. The highest BCUT2D eigenvalue weighted by atomic mass is 32.2. The highest BCUT2D eigenvalue weighted by Crippen LogP contribution is 2.16. The van der Waals surface area contributed by atoms with Crippen LogP contribution in [0.25, 0.3) is 0 Å². The molecule has 3 atom stereocenters. The lowest BCUT2D eigenvalue weighted by atomic mass is 10.0. The van der Waals surface area contributed by atoms with Crippen molar-refractivity contribution in [1.29, 1.82) is 0 Å². The van der Waals surface area contributed by atoms with Gasteiger partial charge in [0, 0.05) is 24.9 Å². The monoisotopic (exact) mass is 303 g/mol. The fourth-order valence-corrected chi connectivity index (χ4v) is 3.64. The van der Waals surface area contributed by atoms with Crippen LogP contribution in [-0.2, 0) is 4.74 Å². The Morgan fingerprint density at radius 3 is 2.85 bits per heavy atom. The zero-order valence-electron chi connectivity index (χ0n) is 13.3. The number of rotatable bonds is 11. The van der Waals surface area contributed by atoms with Crippen molar-refractivity contribution in [3.05, 3.63) is 0 Å². The van der Waals surface area contributed by atoms with E-state index in [1.165, 1.54) is 50.0 Å². The van der Waals surface area contributed by atoms with Gasteiger partial charge in [0.1, 0.15) is 0 Å². The van der Waals surface area contributed by atoms with Crippen LogP contribution in [0.4, 0.5) is 0 Å². The molecule has 0 saturated carbocycles. The Kier molecular flexibility index (Phi) is 10.8. The van der Waals surface area contributed by atoms with Crippen LogP contribution in [0.15, 0.2) is 0 Å². The van der Waals surface area contributed by atoms with Crippen LogP contribution in [0, 0.1) is 5.92 Å². The molecule has 1 aliphatic rings. The van der Waals surface area contributed by atoms with Crippen LogP contribution in [-0.4, -0.2) is 48.5 Å². The molecule has 0 amide bonds. The first kappa shape index (κ1) is 18.3. The molecule has 3 nitrogen and oxygen atoms in total. The first-order chi connectivity index (χ1) is 9.76. The molecular formula is C16H33NO2S. The maximum atomic E-state index is 9.95. The van der Waals surface area contributed by atoms with Gasteiger partial charge in [0.25, 0.3) is 0 Å². The third-order valence-electron chi connectivity index (χ3n) is 4.01. The number of aliphatic hydroxyl groups excluding tert-OH is 1. The largest absolute Gasteiger partial charge is 0.389 e. The van der Waals surface area contributed by atoms with E-state index in [9.17, 15) is 5.11 Å². The zero-order valence-corrected chi connectivity index (χ0v) is 14.1. The SMILES string of the molecule is CCCCC(CC)COCC(O)CNC1CCCSC1. The third kappa shape index (κ3) is 8.50. The molecule has 3 unspecified atom stereocenters. The molecule has 2 N–H and O–H groups in total. The van der Waals surface area contributed by atoms with Crippen molar-refractivity contribution in [3.63, 3.8) is 0 Å². The average molecular weight is 304 g/mol. The summed E-state index contributed by atoms with van der Waals surface area (Å²) in [6.45, 7) is 6.38. The van der Waals surface area contributed by atoms with Crippen LogP contribution in [0.2, 0.25) is 0 Å². The van der Waals surface area contributed by atoms with E-state index in [0.717, 1.165) is 6.61 Å². The smallest absolute Gasteiger partial charge is 0.0897 e. The molecule has 1 fully saturated rings. The Morgan fingerprint density at radius 2 is 2.20 bits per heavy atom. The fraction of sp³-hybridized carbons (Fsp3) is 1.00. The minimum atomic E-state index is -0.370. The van der Waals surface area contributed by atoms with Crippen LogP contribution in [0.3, 0.4) is 0 Å². The molecule has 1 heterocycles. The van der Waals surface area contributed by atoms with E-state index in [-0.39, 0.29) is 6.10 Å². The number of hydrogen-bond acceptors (Lipinski definition) is 4. The van der Waals surface area contributed by atoms with E-state index in [0.29, 0.717) is 25.1 Å². The normalized spacial score (nSPS) is 22.6. The molecule has 1 aliphatic heterocycles. The summed E-state index contributed by atoms with van der Waals surface area (Å²) >= 11 is 2.01. The summed E-state index contributed by atoms with van der Waals surface area (Å²) in [5, 5.41) is 13.4. The summed E-state index contributed by atoms with van der Waals surface area (Å²) < 4.78 is 5.69. The number of aliphatic hydroxyl groups is 1. The highest BCUT2D eigenvalue weighted by Gasteiger charge is 2.15. The van der Waals surface area contributed by atoms with Crippen LogP contribution >= 0.6 is 11.8 Å². The fourth-order valence-electron chi connectivity index (χ4n) is 2.53. The molecule has 0 aromatic heterocycles. The van der Waals surface area contributed by atoms with Gasteiger partial charge in [-0.25, -0.2) is 0 Å². The van der Waals surface area contributed by atoms with Crippen LogP contribution in [0.1, 0.15) is 52.4 Å². The van der Waals surface area contributed by atoms with Crippen LogP contribution < -0.4 is 5.32 Å². The summed E-state index contributed by atoms with van der Waals surface area (Å²) in [5.41, 5.74) is 0. The highest BCUT2D eigenvalue weighted by molar-refractivity contribution is 7.99. The lowest BCUT2D eigenvalue weighted by Gasteiger charge is -2.24. The Labute approximate surface area is 129 Å². The summed E-state index contributed by atoms with van der Waals surface area (Å²) in [6, 6.07) is 0.580. The minimum absolute atomic E-state index is 0.370. The second-order valence-corrected chi connectivity index (χ2v) is 7.08. The van der Waals surface area contributed by atoms with Crippen molar-refractivity contribution in [2.45, 2.75) is 64.5 Å². The van der Waals surface area contributed by atoms with Gasteiger partial charge in [-0.2, -0.15) is 11.8 Å². The van der Waals surface area contributed by atoms with Gasteiger partial charge in [0.15, 0.2) is 0 Å². The van der Waals surface area contributed by atoms with Gasteiger partial charge in [-0.1, -0.05) is 33.1 Å². The number of hydrogen-bond donors (Lipinski definition) is 2. The molecule has 0 radical (unpaired) electrons. The molecule has 0 spiro atoms. The van der Waals surface area contributed by atoms with Gasteiger partial charge >= 0.3 is 0 Å². The van der Waals surface area contributed by atoms with Gasteiger partial charge < -0.3 is 15.2 Å². The molecule has 4 heteroatoms. The second-order valence-electron chi connectivity index (χ2n) is 5.93. The lowest BCUT2D eigenvalue weighted by molar-refractivity contribution is 0.0184. The van der Waals surface area contributed by atoms with Crippen LogP contribution in [0.5, 0.6) is 0 Å². The standard InChI is InChI=1S/C16H33NO2S/c1-3-5-7-14(4-2)11-19-12-16(18)10-17-15-8-6-9-20-13-15/h14-18H,3-13H2,1-2H3. The summed E-state index contributed by atoms with van der Waals surface area (Å²) in [6.07, 6.45) is 7.13. The number of nitrogens with one attached hydrogen (secondary N) is 1. The summed E-state index contributed by atoms with van der Waals surface area (Å²) in [5.74, 6) is 3.13. The molecule has 0 bridgehead atoms. The van der Waals surface area contributed by atoms with Crippen molar-refractivity contribution in [1.82, 2.24) is 5.32 Å². The maximum absolute atomic E-state index is 9.95. The lowest BCUT2D eigenvalue weighted by Crippen LogP contribution is -2.40. The van der Waals surface area contributed by atoms with Crippen molar-refractivity contribution in [2.24, 2.45) is 5.92 Å². The Bertz CT molecular complexity index is 223. The quantitative estimate of drug-likeness (QED) is 0.615. The van der Waals surface area contributed by atoms with Gasteiger partial charge in [-0.05, 0) is 30.9 Å². The number of unbranched alkanes of at least 4 members (excludes halogenated alkanes) is 1.